The normalized spacial score (nSPS) is 19.1. The number of nitrogens with one attached hydrogen (secondary N) is 1. The van der Waals surface area contributed by atoms with Gasteiger partial charge in [-0.05, 0) is 66.4 Å². The van der Waals surface area contributed by atoms with Crippen molar-refractivity contribution in [3.05, 3.63) is 40.9 Å². The second kappa shape index (κ2) is 7.68. The van der Waals surface area contributed by atoms with Crippen molar-refractivity contribution < 1.29 is 18.8 Å². The smallest absolute Gasteiger partial charge is 0.444 e. The van der Waals surface area contributed by atoms with Crippen LogP contribution in [0.1, 0.15) is 59.6 Å². The van der Waals surface area contributed by atoms with E-state index in [9.17, 15) is 4.79 Å². The van der Waals surface area contributed by atoms with E-state index in [-0.39, 0.29) is 6.54 Å². The van der Waals surface area contributed by atoms with E-state index in [0.29, 0.717) is 0 Å². The van der Waals surface area contributed by atoms with E-state index in [4.69, 9.17) is 14.0 Å². The van der Waals surface area contributed by atoms with Crippen LogP contribution in [-0.4, -0.2) is 36.6 Å². The number of aryl methyl sites for hydroxylation is 1. The molecule has 0 radical (unpaired) electrons. The van der Waals surface area contributed by atoms with Crippen molar-refractivity contribution >= 4 is 19.3 Å². The van der Waals surface area contributed by atoms with Crippen LogP contribution in [0.2, 0.25) is 0 Å². The summed E-state index contributed by atoms with van der Waals surface area (Å²) in [5.41, 5.74) is 1.59. The fraction of sp³-hybridized carbons (Fsp3) is 0.571. The molecule has 27 heavy (non-hydrogen) atoms. The maximum Gasteiger partial charge on any atom is 0.492 e. The van der Waals surface area contributed by atoms with Gasteiger partial charge >= 0.3 is 13.2 Å². The summed E-state index contributed by atoms with van der Waals surface area (Å²) in [6, 6.07) is 8.15. The Kier molecular flexibility index (Phi) is 6.12. The third-order valence-corrected chi connectivity index (χ3v) is 4.79. The first-order valence-corrected chi connectivity index (χ1v) is 9.39. The summed E-state index contributed by atoms with van der Waals surface area (Å²) in [6.45, 7) is 15.9. The van der Waals surface area contributed by atoms with Gasteiger partial charge in [0, 0.05) is 6.54 Å². The van der Waals surface area contributed by atoms with Crippen molar-refractivity contribution in [1.29, 1.82) is 0 Å². The molecule has 5 nitrogen and oxygen atoms in total. The highest BCUT2D eigenvalue weighted by atomic mass is 16.7. The molecule has 1 amide bonds. The first-order chi connectivity index (χ1) is 12.3. The Balaban J connectivity index is 2.23. The van der Waals surface area contributed by atoms with Crippen molar-refractivity contribution in [2.45, 2.75) is 72.2 Å². The van der Waals surface area contributed by atoms with Gasteiger partial charge in [0.2, 0.25) is 0 Å². The second-order valence-electron chi connectivity index (χ2n) is 9.08. The zero-order chi connectivity index (χ0) is 20.5. The molecule has 2 rings (SSSR count). The summed E-state index contributed by atoms with van der Waals surface area (Å²) in [4.78, 5) is 12.1. The van der Waals surface area contributed by atoms with Crippen LogP contribution < -0.4 is 5.32 Å². The van der Waals surface area contributed by atoms with Crippen LogP contribution in [0.4, 0.5) is 4.79 Å². The Morgan fingerprint density at radius 3 is 2.30 bits per heavy atom. The molecular weight excluding hydrogens is 341 g/mol. The minimum atomic E-state index is -0.547. The standard InChI is InChI=1S/C21H32BNO4/c1-15-10-9-11-16(12-15)13-17(14-23-18(24)25-19(2,3)4)22-26-20(5,6)21(7,8)27-22/h9-13H,14H2,1-8H3,(H,23,24). The molecule has 1 N–H and O–H groups in total. The topological polar surface area (TPSA) is 56.8 Å². The van der Waals surface area contributed by atoms with Gasteiger partial charge in [-0.1, -0.05) is 35.9 Å². The third-order valence-electron chi connectivity index (χ3n) is 4.79. The monoisotopic (exact) mass is 373 g/mol. The first-order valence-electron chi connectivity index (χ1n) is 9.39. The number of ether oxygens (including phenoxy) is 1. The fourth-order valence-electron chi connectivity index (χ4n) is 2.66. The molecule has 0 unspecified atom stereocenters. The van der Waals surface area contributed by atoms with Crippen LogP contribution in [0.25, 0.3) is 6.08 Å². The molecule has 1 aliphatic rings. The predicted molar refractivity (Wildman–Crippen MR) is 109 cm³/mol. The van der Waals surface area contributed by atoms with Crippen LogP contribution in [-0.2, 0) is 14.0 Å². The summed E-state index contributed by atoms with van der Waals surface area (Å²) in [5, 5.41) is 2.82. The highest BCUT2D eigenvalue weighted by molar-refractivity contribution is 6.56. The van der Waals surface area contributed by atoms with Crippen molar-refractivity contribution in [2.75, 3.05) is 6.54 Å². The zero-order valence-corrected chi connectivity index (χ0v) is 17.8. The lowest BCUT2D eigenvalue weighted by molar-refractivity contribution is 0.00578. The summed E-state index contributed by atoms with van der Waals surface area (Å²) < 4.78 is 17.7. The number of hydrogen-bond acceptors (Lipinski definition) is 4. The number of rotatable bonds is 4. The molecule has 0 saturated carbocycles. The Hall–Kier alpha value is -1.79. The van der Waals surface area contributed by atoms with Gasteiger partial charge in [0.15, 0.2) is 0 Å². The van der Waals surface area contributed by atoms with E-state index in [0.717, 1.165) is 16.6 Å². The van der Waals surface area contributed by atoms with Crippen molar-refractivity contribution in [2.24, 2.45) is 0 Å². The van der Waals surface area contributed by atoms with Crippen LogP contribution >= 0.6 is 0 Å². The van der Waals surface area contributed by atoms with Crippen molar-refractivity contribution in [3.8, 4) is 0 Å². The van der Waals surface area contributed by atoms with E-state index < -0.39 is 30.0 Å². The van der Waals surface area contributed by atoms with Crippen molar-refractivity contribution in [3.63, 3.8) is 0 Å². The van der Waals surface area contributed by atoms with Crippen LogP contribution in [0.15, 0.2) is 29.7 Å². The number of carbonyl (C=O) groups excluding carboxylic acids is 1. The van der Waals surface area contributed by atoms with Gasteiger partial charge in [-0.3, -0.25) is 0 Å². The molecule has 148 valence electrons. The number of benzene rings is 1. The number of carbonyl (C=O) groups is 1. The molecule has 1 saturated heterocycles. The minimum absolute atomic E-state index is 0.277. The van der Waals surface area contributed by atoms with Crippen LogP contribution in [0.5, 0.6) is 0 Å². The predicted octanol–water partition coefficient (Wildman–Crippen LogP) is 4.53. The minimum Gasteiger partial charge on any atom is -0.444 e. The average Bonchev–Trinajstić information content (AvgIpc) is 2.70. The quantitative estimate of drug-likeness (QED) is 0.788. The molecule has 0 atom stereocenters. The lowest BCUT2D eigenvalue weighted by Crippen LogP contribution is -2.41. The van der Waals surface area contributed by atoms with Gasteiger partial charge in [0.25, 0.3) is 0 Å². The van der Waals surface area contributed by atoms with Gasteiger partial charge in [0.05, 0.1) is 11.2 Å². The molecule has 1 fully saturated rings. The Labute approximate surface area is 163 Å². The number of alkyl carbamates (subject to hydrolysis) is 1. The molecule has 1 aromatic carbocycles. The third kappa shape index (κ3) is 5.85. The molecule has 1 heterocycles. The van der Waals surface area contributed by atoms with E-state index in [1.807, 2.05) is 79.7 Å². The molecule has 6 heteroatoms. The second-order valence-corrected chi connectivity index (χ2v) is 9.08. The Bertz CT molecular complexity index is 703. The number of hydrogen-bond donors (Lipinski definition) is 1. The van der Waals surface area contributed by atoms with Crippen LogP contribution in [0, 0.1) is 6.92 Å². The maximum absolute atomic E-state index is 12.1. The van der Waals surface area contributed by atoms with Gasteiger partial charge in [-0.15, -0.1) is 0 Å². The van der Waals surface area contributed by atoms with Gasteiger partial charge in [-0.25, -0.2) is 4.79 Å². The van der Waals surface area contributed by atoms with Gasteiger partial charge < -0.3 is 19.4 Å². The lowest BCUT2D eigenvalue weighted by Gasteiger charge is -2.32. The molecule has 0 bridgehead atoms. The Morgan fingerprint density at radius 1 is 1.19 bits per heavy atom. The lowest BCUT2D eigenvalue weighted by atomic mass is 9.77. The summed E-state index contributed by atoms with van der Waals surface area (Å²) in [6.07, 6.45) is 1.54. The zero-order valence-electron chi connectivity index (χ0n) is 17.8. The summed E-state index contributed by atoms with van der Waals surface area (Å²) in [7, 11) is -0.537. The molecule has 1 aliphatic heterocycles. The van der Waals surface area contributed by atoms with E-state index in [1.165, 1.54) is 0 Å². The SMILES string of the molecule is Cc1cccc(C=C(CNC(=O)OC(C)(C)C)B2OC(C)(C)C(C)(C)O2)c1. The Morgan fingerprint density at radius 2 is 1.78 bits per heavy atom. The molecule has 0 aromatic heterocycles. The highest BCUT2D eigenvalue weighted by Gasteiger charge is 2.52. The molecule has 0 aliphatic carbocycles. The maximum atomic E-state index is 12.1. The summed E-state index contributed by atoms with van der Waals surface area (Å²) >= 11 is 0. The fourth-order valence-corrected chi connectivity index (χ4v) is 2.66. The molecular formula is C21H32BNO4. The highest BCUT2D eigenvalue weighted by Crippen LogP contribution is 2.38. The van der Waals surface area contributed by atoms with Crippen molar-refractivity contribution in [1.82, 2.24) is 5.32 Å². The first kappa shape index (κ1) is 21.5. The summed E-state index contributed by atoms with van der Waals surface area (Å²) in [5.74, 6) is 0. The van der Waals surface area contributed by atoms with Gasteiger partial charge in [0.1, 0.15) is 5.60 Å². The van der Waals surface area contributed by atoms with Crippen LogP contribution in [0.3, 0.4) is 0 Å². The van der Waals surface area contributed by atoms with Gasteiger partial charge in [-0.2, -0.15) is 0 Å². The largest absolute Gasteiger partial charge is 0.492 e. The van der Waals surface area contributed by atoms with E-state index in [1.54, 1.807) is 0 Å². The molecule has 1 aromatic rings. The molecule has 0 spiro atoms. The number of amides is 1. The van der Waals surface area contributed by atoms with E-state index in [2.05, 4.69) is 11.4 Å². The van der Waals surface area contributed by atoms with E-state index >= 15 is 0 Å². The average molecular weight is 373 g/mol.